The van der Waals surface area contributed by atoms with E-state index in [0.29, 0.717) is 23.1 Å². The molecule has 0 aliphatic carbocycles. The van der Waals surface area contributed by atoms with Crippen LogP contribution in [0, 0.1) is 6.92 Å². The second kappa shape index (κ2) is 5.54. The highest BCUT2D eigenvalue weighted by Crippen LogP contribution is 2.24. The summed E-state index contributed by atoms with van der Waals surface area (Å²) in [6.07, 6.45) is 0. The summed E-state index contributed by atoms with van der Waals surface area (Å²) in [6.45, 7) is 2.25. The summed E-state index contributed by atoms with van der Waals surface area (Å²) in [6, 6.07) is 7.49. The van der Waals surface area contributed by atoms with Crippen molar-refractivity contribution in [2.24, 2.45) is 7.05 Å². The van der Waals surface area contributed by atoms with E-state index in [1.54, 1.807) is 18.7 Å². The molecule has 0 unspecified atom stereocenters. The van der Waals surface area contributed by atoms with Crippen LogP contribution in [0.25, 0.3) is 0 Å². The van der Waals surface area contributed by atoms with Gasteiger partial charge < -0.3 is 10.0 Å². The first kappa shape index (κ1) is 14.4. The Balaban J connectivity index is 2.34. The van der Waals surface area contributed by atoms with Crippen molar-refractivity contribution in [2.45, 2.75) is 13.5 Å². The molecule has 1 aromatic heterocycles. The molecule has 5 nitrogen and oxygen atoms in total. The van der Waals surface area contributed by atoms with Gasteiger partial charge in [-0.15, -0.1) is 0 Å². The van der Waals surface area contributed by atoms with Crippen LogP contribution in [0.3, 0.4) is 0 Å². The molecule has 1 aromatic carbocycles. The molecule has 1 N–H and O–H groups in total. The molecule has 0 saturated carbocycles. The van der Waals surface area contributed by atoms with E-state index in [4.69, 9.17) is 11.6 Å². The number of anilines is 1. The Morgan fingerprint density at radius 3 is 2.80 bits per heavy atom. The lowest BCUT2D eigenvalue weighted by Gasteiger charge is -2.20. The number of aryl methyl sites for hydroxylation is 2. The molecule has 106 valence electrons. The number of benzene rings is 1. The third-order valence-corrected chi connectivity index (χ3v) is 3.31. The number of carboxylic acid groups (broad SMARTS) is 1. The fourth-order valence-corrected chi connectivity index (χ4v) is 2.53. The maximum absolute atomic E-state index is 11.4. The number of aromatic carboxylic acids is 1. The number of carboxylic acids is 1. The van der Waals surface area contributed by atoms with E-state index in [9.17, 15) is 9.90 Å². The molecule has 0 radical (unpaired) electrons. The van der Waals surface area contributed by atoms with Gasteiger partial charge in [0.15, 0.2) is 0 Å². The topological polar surface area (TPSA) is 58.4 Å². The van der Waals surface area contributed by atoms with Crippen LogP contribution >= 0.6 is 11.6 Å². The maximum atomic E-state index is 11.4. The van der Waals surface area contributed by atoms with Crippen LogP contribution in [0.1, 0.15) is 21.6 Å². The summed E-state index contributed by atoms with van der Waals surface area (Å²) in [5, 5.41) is 14.2. The predicted octanol–water partition coefficient (Wildman–Crippen LogP) is 2.72. The van der Waals surface area contributed by atoms with E-state index in [2.05, 4.69) is 5.10 Å². The highest BCUT2D eigenvalue weighted by molar-refractivity contribution is 6.30. The minimum Gasteiger partial charge on any atom is -0.477 e. The van der Waals surface area contributed by atoms with E-state index < -0.39 is 5.97 Å². The first-order valence-corrected chi connectivity index (χ1v) is 6.50. The fraction of sp³-hybridized carbons (Fsp3) is 0.286. The standard InChI is InChI=1S/C14H16ClN3O2/c1-9-12(14(19)20)13(18(3)16-9)17(2)8-10-5-4-6-11(15)7-10/h4-7H,8H2,1-3H3,(H,19,20). The molecule has 1 heterocycles. The van der Waals surface area contributed by atoms with Gasteiger partial charge in [-0.1, -0.05) is 23.7 Å². The molecule has 20 heavy (non-hydrogen) atoms. The van der Waals surface area contributed by atoms with Crippen LogP contribution in [-0.2, 0) is 13.6 Å². The maximum Gasteiger partial charge on any atom is 0.341 e. The van der Waals surface area contributed by atoms with Gasteiger partial charge in [-0.25, -0.2) is 4.79 Å². The van der Waals surface area contributed by atoms with E-state index in [1.165, 1.54) is 0 Å². The van der Waals surface area contributed by atoms with Crippen molar-refractivity contribution >= 4 is 23.4 Å². The molecule has 0 spiro atoms. The highest BCUT2D eigenvalue weighted by Gasteiger charge is 2.22. The van der Waals surface area contributed by atoms with Crippen molar-refractivity contribution in [2.75, 3.05) is 11.9 Å². The van der Waals surface area contributed by atoms with Gasteiger partial charge in [0.05, 0.1) is 5.69 Å². The Hall–Kier alpha value is -2.01. The summed E-state index contributed by atoms with van der Waals surface area (Å²) in [5.41, 5.74) is 1.75. The molecule has 6 heteroatoms. The van der Waals surface area contributed by atoms with Crippen LogP contribution < -0.4 is 4.90 Å². The summed E-state index contributed by atoms with van der Waals surface area (Å²) >= 11 is 5.96. The summed E-state index contributed by atoms with van der Waals surface area (Å²) in [4.78, 5) is 13.2. The molecule has 0 saturated heterocycles. The molecule has 0 bridgehead atoms. The minimum atomic E-state index is -0.969. The highest BCUT2D eigenvalue weighted by atomic mass is 35.5. The van der Waals surface area contributed by atoms with Crippen LogP contribution in [0.4, 0.5) is 5.82 Å². The zero-order chi connectivity index (χ0) is 14.9. The molecule has 2 rings (SSSR count). The number of aromatic nitrogens is 2. The number of hydrogen-bond acceptors (Lipinski definition) is 3. The molecule has 0 fully saturated rings. The summed E-state index contributed by atoms with van der Waals surface area (Å²) in [7, 11) is 3.58. The molecular formula is C14H16ClN3O2. The second-order valence-electron chi connectivity index (χ2n) is 4.70. The van der Waals surface area contributed by atoms with Crippen LogP contribution in [0.2, 0.25) is 5.02 Å². The average Bonchev–Trinajstić information content (AvgIpc) is 2.64. The quantitative estimate of drug-likeness (QED) is 0.941. The molecular weight excluding hydrogens is 278 g/mol. The van der Waals surface area contributed by atoms with Gasteiger partial charge in [-0.2, -0.15) is 5.10 Å². The van der Waals surface area contributed by atoms with Gasteiger partial charge in [-0.3, -0.25) is 4.68 Å². The van der Waals surface area contributed by atoms with Crippen molar-refractivity contribution in [3.05, 3.63) is 46.1 Å². The lowest BCUT2D eigenvalue weighted by molar-refractivity contribution is 0.0696. The number of nitrogens with zero attached hydrogens (tertiary/aromatic N) is 3. The van der Waals surface area contributed by atoms with Gasteiger partial charge >= 0.3 is 5.97 Å². The van der Waals surface area contributed by atoms with Crippen molar-refractivity contribution in [1.82, 2.24) is 9.78 Å². The molecule has 2 aromatic rings. The first-order valence-electron chi connectivity index (χ1n) is 6.12. The number of carbonyl (C=O) groups is 1. The zero-order valence-electron chi connectivity index (χ0n) is 11.6. The molecule has 0 atom stereocenters. The first-order chi connectivity index (χ1) is 9.40. The molecule has 0 aliphatic rings. The van der Waals surface area contributed by atoms with Crippen molar-refractivity contribution < 1.29 is 9.90 Å². The Morgan fingerprint density at radius 2 is 2.20 bits per heavy atom. The van der Waals surface area contributed by atoms with Crippen LogP contribution in [0.15, 0.2) is 24.3 Å². The predicted molar refractivity (Wildman–Crippen MR) is 78.5 cm³/mol. The normalized spacial score (nSPS) is 10.6. The van der Waals surface area contributed by atoms with Gasteiger partial charge in [-0.05, 0) is 24.6 Å². The van der Waals surface area contributed by atoms with E-state index in [-0.39, 0.29) is 5.56 Å². The van der Waals surface area contributed by atoms with Gasteiger partial charge in [0, 0.05) is 25.7 Å². The monoisotopic (exact) mass is 293 g/mol. The summed E-state index contributed by atoms with van der Waals surface area (Å²) < 4.78 is 1.59. The molecule has 0 aliphatic heterocycles. The third kappa shape index (κ3) is 2.77. The average molecular weight is 294 g/mol. The Bertz CT molecular complexity index is 652. The van der Waals surface area contributed by atoms with Gasteiger partial charge in [0.1, 0.15) is 11.4 Å². The van der Waals surface area contributed by atoms with Gasteiger partial charge in [0.2, 0.25) is 0 Å². The second-order valence-corrected chi connectivity index (χ2v) is 5.14. The minimum absolute atomic E-state index is 0.233. The van der Waals surface area contributed by atoms with Crippen molar-refractivity contribution in [1.29, 1.82) is 0 Å². The Labute approximate surface area is 122 Å². The van der Waals surface area contributed by atoms with Crippen molar-refractivity contribution in [3.8, 4) is 0 Å². The fourth-order valence-electron chi connectivity index (χ4n) is 2.32. The Kier molecular flexibility index (Phi) is 3.99. The number of hydrogen-bond donors (Lipinski definition) is 1. The third-order valence-electron chi connectivity index (χ3n) is 3.08. The lowest BCUT2D eigenvalue weighted by atomic mass is 10.2. The lowest BCUT2D eigenvalue weighted by Crippen LogP contribution is -2.21. The van der Waals surface area contributed by atoms with E-state index >= 15 is 0 Å². The number of rotatable bonds is 4. The van der Waals surface area contributed by atoms with E-state index in [0.717, 1.165) is 5.56 Å². The smallest absolute Gasteiger partial charge is 0.341 e. The van der Waals surface area contributed by atoms with Crippen LogP contribution in [0.5, 0.6) is 0 Å². The van der Waals surface area contributed by atoms with Crippen LogP contribution in [-0.4, -0.2) is 27.9 Å². The van der Waals surface area contributed by atoms with E-state index in [1.807, 2.05) is 36.2 Å². The van der Waals surface area contributed by atoms with Gasteiger partial charge in [0.25, 0.3) is 0 Å². The Morgan fingerprint density at radius 1 is 1.50 bits per heavy atom. The zero-order valence-corrected chi connectivity index (χ0v) is 12.3. The van der Waals surface area contributed by atoms with Crippen molar-refractivity contribution in [3.63, 3.8) is 0 Å². The number of halogens is 1. The SMILES string of the molecule is Cc1nn(C)c(N(C)Cc2cccc(Cl)c2)c1C(=O)O. The summed E-state index contributed by atoms with van der Waals surface area (Å²) in [5.74, 6) is -0.390. The molecule has 0 amide bonds. The largest absolute Gasteiger partial charge is 0.477 e.